The van der Waals surface area contributed by atoms with E-state index in [4.69, 9.17) is 5.73 Å². The summed E-state index contributed by atoms with van der Waals surface area (Å²) in [7, 11) is 0. The largest absolute Gasteiger partial charge is 0.387 e. The van der Waals surface area contributed by atoms with Gasteiger partial charge in [-0.25, -0.2) is 0 Å². The van der Waals surface area contributed by atoms with E-state index < -0.39 is 6.10 Å². The van der Waals surface area contributed by atoms with Crippen LogP contribution >= 0.6 is 0 Å². The SMILES string of the molecule is CCN(CC(O)c1ccc(C)cc1)C(=O)CCCN. The summed E-state index contributed by atoms with van der Waals surface area (Å²) in [5, 5.41) is 10.2. The second-order valence-electron chi connectivity index (χ2n) is 4.75. The van der Waals surface area contributed by atoms with Crippen LogP contribution in [-0.4, -0.2) is 35.5 Å². The molecule has 0 aliphatic heterocycles. The van der Waals surface area contributed by atoms with Crippen LogP contribution in [0.25, 0.3) is 0 Å². The van der Waals surface area contributed by atoms with Gasteiger partial charge in [-0.3, -0.25) is 4.79 Å². The number of benzene rings is 1. The van der Waals surface area contributed by atoms with E-state index in [2.05, 4.69) is 0 Å². The maximum Gasteiger partial charge on any atom is 0.222 e. The third kappa shape index (κ3) is 5.01. The Hall–Kier alpha value is -1.39. The summed E-state index contributed by atoms with van der Waals surface area (Å²) in [4.78, 5) is 13.6. The van der Waals surface area contributed by atoms with Crippen LogP contribution in [0.2, 0.25) is 0 Å². The number of carbonyl (C=O) groups is 1. The average Bonchev–Trinajstić information content (AvgIpc) is 2.42. The molecule has 1 atom stereocenters. The summed E-state index contributed by atoms with van der Waals surface area (Å²) in [5.41, 5.74) is 7.40. The van der Waals surface area contributed by atoms with E-state index in [1.165, 1.54) is 0 Å². The number of carbonyl (C=O) groups excluding carboxylic acids is 1. The van der Waals surface area contributed by atoms with Gasteiger partial charge in [-0.1, -0.05) is 29.8 Å². The highest BCUT2D eigenvalue weighted by atomic mass is 16.3. The highest BCUT2D eigenvalue weighted by molar-refractivity contribution is 5.76. The van der Waals surface area contributed by atoms with Gasteiger partial charge in [0.25, 0.3) is 0 Å². The van der Waals surface area contributed by atoms with Crippen LogP contribution in [0.1, 0.15) is 37.0 Å². The highest BCUT2D eigenvalue weighted by Crippen LogP contribution is 2.15. The number of aryl methyl sites for hydroxylation is 1. The Balaban J connectivity index is 2.59. The Morgan fingerprint density at radius 1 is 1.37 bits per heavy atom. The second-order valence-corrected chi connectivity index (χ2v) is 4.75. The van der Waals surface area contributed by atoms with Crippen LogP contribution in [0.3, 0.4) is 0 Å². The molecular weight excluding hydrogens is 240 g/mol. The quantitative estimate of drug-likeness (QED) is 0.786. The molecule has 3 N–H and O–H groups in total. The van der Waals surface area contributed by atoms with Crippen molar-refractivity contribution in [2.24, 2.45) is 5.73 Å². The molecule has 1 aromatic rings. The number of likely N-dealkylation sites (N-methyl/N-ethyl adjacent to an activating group) is 1. The van der Waals surface area contributed by atoms with Crippen molar-refractivity contribution in [3.05, 3.63) is 35.4 Å². The summed E-state index contributed by atoms with van der Waals surface area (Å²) in [6.07, 6.45) is 0.503. The topological polar surface area (TPSA) is 66.6 Å². The monoisotopic (exact) mass is 264 g/mol. The number of aliphatic hydroxyl groups is 1. The molecule has 0 saturated heterocycles. The van der Waals surface area contributed by atoms with E-state index in [-0.39, 0.29) is 5.91 Å². The summed E-state index contributed by atoms with van der Waals surface area (Å²) in [5.74, 6) is 0.0547. The first-order valence-electron chi connectivity index (χ1n) is 6.81. The van der Waals surface area contributed by atoms with E-state index in [1.807, 2.05) is 38.1 Å². The lowest BCUT2D eigenvalue weighted by Crippen LogP contribution is -2.34. The summed E-state index contributed by atoms with van der Waals surface area (Å²) < 4.78 is 0. The Bertz CT molecular complexity index is 390. The fraction of sp³-hybridized carbons (Fsp3) is 0.533. The van der Waals surface area contributed by atoms with E-state index in [0.717, 1.165) is 11.1 Å². The lowest BCUT2D eigenvalue weighted by atomic mass is 10.1. The van der Waals surface area contributed by atoms with Crippen molar-refractivity contribution in [1.82, 2.24) is 4.90 Å². The highest BCUT2D eigenvalue weighted by Gasteiger charge is 2.16. The molecule has 0 aliphatic rings. The Morgan fingerprint density at radius 3 is 2.53 bits per heavy atom. The van der Waals surface area contributed by atoms with Gasteiger partial charge >= 0.3 is 0 Å². The molecule has 1 unspecified atom stereocenters. The zero-order chi connectivity index (χ0) is 14.3. The standard InChI is InChI=1S/C15H24N2O2/c1-3-17(15(19)5-4-10-16)11-14(18)13-8-6-12(2)7-9-13/h6-9,14,18H,3-5,10-11,16H2,1-2H3. The molecule has 4 nitrogen and oxygen atoms in total. The van der Waals surface area contributed by atoms with Gasteiger partial charge in [0.05, 0.1) is 12.6 Å². The Morgan fingerprint density at radius 2 is 2.00 bits per heavy atom. The van der Waals surface area contributed by atoms with E-state index >= 15 is 0 Å². The summed E-state index contributed by atoms with van der Waals surface area (Å²) in [6, 6.07) is 7.73. The molecule has 0 saturated carbocycles. The van der Waals surface area contributed by atoms with Crippen molar-refractivity contribution in [3.8, 4) is 0 Å². The second kappa shape index (κ2) is 7.92. The van der Waals surface area contributed by atoms with Crippen LogP contribution in [0.5, 0.6) is 0 Å². The molecule has 0 aliphatic carbocycles. The molecule has 1 aromatic carbocycles. The molecule has 0 bridgehead atoms. The molecule has 0 aromatic heterocycles. The fourth-order valence-corrected chi connectivity index (χ4v) is 1.92. The van der Waals surface area contributed by atoms with Gasteiger partial charge in [0, 0.05) is 13.0 Å². The molecule has 0 radical (unpaired) electrons. The first-order chi connectivity index (χ1) is 9.08. The van der Waals surface area contributed by atoms with Gasteiger partial charge in [-0.15, -0.1) is 0 Å². The summed E-state index contributed by atoms with van der Waals surface area (Å²) >= 11 is 0. The molecule has 0 heterocycles. The first-order valence-corrected chi connectivity index (χ1v) is 6.81. The van der Waals surface area contributed by atoms with Crippen LogP contribution in [0.4, 0.5) is 0 Å². The molecular formula is C15H24N2O2. The van der Waals surface area contributed by atoms with E-state index in [1.54, 1.807) is 4.90 Å². The third-order valence-corrected chi connectivity index (χ3v) is 3.18. The normalized spacial score (nSPS) is 12.2. The molecule has 1 amide bonds. The molecule has 0 fully saturated rings. The molecule has 19 heavy (non-hydrogen) atoms. The Kier molecular flexibility index (Phi) is 6.53. The van der Waals surface area contributed by atoms with Crippen molar-refractivity contribution < 1.29 is 9.90 Å². The smallest absolute Gasteiger partial charge is 0.222 e. The minimum atomic E-state index is -0.637. The maximum absolute atomic E-state index is 11.9. The molecule has 4 heteroatoms. The van der Waals surface area contributed by atoms with Crippen LogP contribution < -0.4 is 5.73 Å². The van der Waals surface area contributed by atoms with Gasteiger partial charge in [0.15, 0.2) is 0 Å². The third-order valence-electron chi connectivity index (χ3n) is 3.18. The van der Waals surface area contributed by atoms with E-state index in [0.29, 0.717) is 32.5 Å². The van der Waals surface area contributed by atoms with Gasteiger partial charge in [-0.2, -0.15) is 0 Å². The number of rotatable bonds is 7. The van der Waals surface area contributed by atoms with Gasteiger partial charge in [0.1, 0.15) is 0 Å². The number of hydrogen-bond acceptors (Lipinski definition) is 3. The minimum absolute atomic E-state index is 0.0547. The van der Waals surface area contributed by atoms with Crippen molar-refractivity contribution in [2.75, 3.05) is 19.6 Å². The maximum atomic E-state index is 11.9. The van der Waals surface area contributed by atoms with Crippen molar-refractivity contribution >= 4 is 5.91 Å². The molecule has 1 rings (SSSR count). The van der Waals surface area contributed by atoms with Crippen molar-refractivity contribution in [2.45, 2.75) is 32.8 Å². The lowest BCUT2D eigenvalue weighted by molar-refractivity contribution is -0.132. The minimum Gasteiger partial charge on any atom is -0.387 e. The average molecular weight is 264 g/mol. The lowest BCUT2D eigenvalue weighted by Gasteiger charge is -2.24. The first kappa shape index (κ1) is 15.7. The number of nitrogens with two attached hydrogens (primary N) is 1. The van der Waals surface area contributed by atoms with Crippen molar-refractivity contribution in [3.63, 3.8) is 0 Å². The molecule has 106 valence electrons. The fourth-order valence-electron chi connectivity index (χ4n) is 1.92. The summed E-state index contributed by atoms with van der Waals surface area (Å²) in [6.45, 7) is 5.38. The molecule has 0 spiro atoms. The number of hydrogen-bond donors (Lipinski definition) is 2. The van der Waals surface area contributed by atoms with Gasteiger partial charge in [-0.05, 0) is 32.4 Å². The number of amides is 1. The van der Waals surface area contributed by atoms with Crippen molar-refractivity contribution in [1.29, 1.82) is 0 Å². The number of nitrogens with zero attached hydrogens (tertiary/aromatic N) is 1. The zero-order valence-electron chi connectivity index (χ0n) is 11.8. The van der Waals surface area contributed by atoms with Crippen LogP contribution in [0.15, 0.2) is 24.3 Å². The zero-order valence-corrected chi connectivity index (χ0v) is 11.8. The van der Waals surface area contributed by atoms with E-state index in [9.17, 15) is 9.90 Å². The number of aliphatic hydroxyl groups excluding tert-OH is 1. The van der Waals surface area contributed by atoms with Crippen LogP contribution in [-0.2, 0) is 4.79 Å². The Labute approximate surface area is 115 Å². The van der Waals surface area contributed by atoms with Gasteiger partial charge in [0.2, 0.25) is 5.91 Å². The predicted octanol–water partition coefficient (Wildman–Crippen LogP) is 1.62. The predicted molar refractivity (Wildman–Crippen MR) is 76.7 cm³/mol. The van der Waals surface area contributed by atoms with Gasteiger partial charge < -0.3 is 15.7 Å². The van der Waals surface area contributed by atoms with Crippen LogP contribution in [0, 0.1) is 6.92 Å².